The van der Waals surface area contributed by atoms with Gasteiger partial charge in [0.15, 0.2) is 0 Å². The topological polar surface area (TPSA) is 72.2 Å². The van der Waals surface area contributed by atoms with Crippen LogP contribution in [0.25, 0.3) is 17.0 Å². The minimum absolute atomic E-state index is 0.0842. The predicted molar refractivity (Wildman–Crippen MR) is 102 cm³/mol. The molecule has 6 heteroatoms. The van der Waals surface area contributed by atoms with E-state index in [9.17, 15) is 14.0 Å². The van der Waals surface area contributed by atoms with E-state index >= 15 is 0 Å². The fraction of sp³-hybridized carbons (Fsp3) is 0.190. The first-order valence-corrected chi connectivity index (χ1v) is 8.67. The van der Waals surface area contributed by atoms with E-state index in [4.69, 9.17) is 5.11 Å². The Morgan fingerprint density at radius 3 is 2.67 bits per heavy atom. The van der Waals surface area contributed by atoms with Gasteiger partial charge in [0.25, 0.3) is 5.56 Å². The summed E-state index contributed by atoms with van der Waals surface area (Å²) in [5, 5.41) is 8.90. The lowest BCUT2D eigenvalue weighted by atomic mass is 10.1. The molecule has 2 aromatic carbocycles. The molecule has 0 atom stereocenters. The highest BCUT2D eigenvalue weighted by atomic mass is 19.1. The van der Waals surface area contributed by atoms with Crippen LogP contribution in [0.3, 0.4) is 0 Å². The van der Waals surface area contributed by atoms with Crippen LogP contribution in [0.4, 0.5) is 4.39 Å². The number of fused-ring (bicyclic) bond motifs is 1. The maximum absolute atomic E-state index is 14.3. The lowest BCUT2D eigenvalue weighted by molar-refractivity contribution is -0.131. The highest BCUT2D eigenvalue weighted by Gasteiger charge is 2.13. The van der Waals surface area contributed by atoms with Gasteiger partial charge in [-0.2, -0.15) is 0 Å². The van der Waals surface area contributed by atoms with Crippen molar-refractivity contribution in [2.45, 2.75) is 26.3 Å². The number of halogens is 1. The monoisotopic (exact) mass is 366 g/mol. The molecule has 1 aromatic heterocycles. The van der Waals surface area contributed by atoms with Crippen molar-refractivity contribution >= 4 is 22.9 Å². The molecule has 0 fully saturated rings. The molecule has 138 valence electrons. The number of aromatic nitrogens is 2. The zero-order chi connectivity index (χ0) is 19.4. The Bertz CT molecular complexity index is 1070. The minimum atomic E-state index is -1.17. The maximum Gasteiger partial charge on any atom is 0.328 e. The van der Waals surface area contributed by atoms with Crippen LogP contribution in [-0.2, 0) is 24.2 Å². The molecular weight excluding hydrogens is 347 g/mol. The van der Waals surface area contributed by atoms with Crippen molar-refractivity contribution < 1.29 is 14.3 Å². The summed E-state index contributed by atoms with van der Waals surface area (Å²) >= 11 is 0. The molecule has 27 heavy (non-hydrogen) atoms. The number of aliphatic carboxylic acids is 1. The molecule has 0 aliphatic carbocycles. The van der Waals surface area contributed by atoms with Crippen LogP contribution >= 0.6 is 0 Å². The molecule has 0 radical (unpaired) electrons. The molecule has 0 spiro atoms. The Balaban J connectivity index is 2.05. The predicted octanol–water partition coefficient (Wildman–Crippen LogP) is 3.44. The number of rotatable bonds is 6. The molecule has 0 saturated heterocycles. The smallest absolute Gasteiger partial charge is 0.328 e. The van der Waals surface area contributed by atoms with E-state index in [1.807, 2.05) is 37.3 Å². The Hall–Kier alpha value is -3.28. The average molecular weight is 366 g/mol. The first-order valence-electron chi connectivity index (χ1n) is 8.67. The molecule has 1 heterocycles. The summed E-state index contributed by atoms with van der Waals surface area (Å²) in [4.78, 5) is 28.1. The quantitative estimate of drug-likeness (QED) is 0.679. The van der Waals surface area contributed by atoms with Crippen molar-refractivity contribution in [3.05, 3.63) is 81.7 Å². The molecular formula is C21H19FN2O3. The number of benzene rings is 2. The number of carbonyl (C=O) groups is 1. The molecule has 3 rings (SSSR count). The van der Waals surface area contributed by atoms with Crippen molar-refractivity contribution in [2.75, 3.05) is 0 Å². The third kappa shape index (κ3) is 4.11. The van der Waals surface area contributed by atoms with Crippen molar-refractivity contribution in [3.8, 4) is 0 Å². The standard InChI is InChI=1S/C21H19FN2O3/c1-2-19-23-18-12-15(8-9-20(25)26)17(22)13-16(18)21(27)24(19)11-10-14-6-4-3-5-7-14/h3-9,12-13H,2,10-11H2,1H3,(H,25,26). The molecule has 1 N–H and O–H groups in total. The van der Waals surface area contributed by atoms with Crippen LogP contribution in [0.15, 0.2) is 53.3 Å². The number of hydrogen-bond acceptors (Lipinski definition) is 3. The fourth-order valence-corrected chi connectivity index (χ4v) is 2.98. The summed E-state index contributed by atoms with van der Waals surface area (Å²) in [6, 6.07) is 12.3. The van der Waals surface area contributed by atoms with E-state index < -0.39 is 11.8 Å². The molecule has 0 amide bonds. The molecule has 0 saturated carbocycles. The third-order valence-corrected chi connectivity index (χ3v) is 4.34. The van der Waals surface area contributed by atoms with Gasteiger partial charge in [0, 0.05) is 24.6 Å². The van der Waals surface area contributed by atoms with E-state index in [0.717, 1.165) is 23.8 Å². The normalized spacial score (nSPS) is 11.3. The third-order valence-electron chi connectivity index (χ3n) is 4.34. The van der Waals surface area contributed by atoms with E-state index in [1.165, 1.54) is 6.07 Å². The van der Waals surface area contributed by atoms with Gasteiger partial charge in [-0.3, -0.25) is 9.36 Å². The van der Waals surface area contributed by atoms with E-state index in [0.29, 0.717) is 30.7 Å². The second-order valence-corrected chi connectivity index (χ2v) is 6.14. The Morgan fingerprint density at radius 2 is 2.00 bits per heavy atom. The summed E-state index contributed by atoms with van der Waals surface area (Å²) in [5.74, 6) is -1.21. The molecule has 3 aromatic rings. The summed E-state index contributed by atoms with van der Waals surface area (Å²) < 4.78 is 15.9. The minimum Gasteiger partial charge on any atom is -0.478 e. The zero-order valence-corrected chi connectivity index (χ0v) is 14.9. The van der Waals surface area contributed by atoms with Gasteiger partial charge in [0.2, 0.25) is 0 Å². The Morgan fingerprint density at radius 1 is 1.26 bits per heavy atom. The lowest BCUT2D eigenvalue weighted by Crippen LogP contribution is -2.26. The van der Waals surface area contributed by atoms with Gasteiger partial charge < -0.3 is 5.11 Å². The van der Waals surface area contributed by atoms with Crippen LogP contribution in [0.2, 0.25) is 0 Å². The lowest BCUT2D eigenvalue weighted by Gasteiger charge is -2.13. The number of aryl methyl sites for hydroxylation is 2. The molecule has 0 unspecified atom stereocenters. The second-order valence-electron chi connectivity index (χ2n) is 6.14. The summed E-state index contributed by atoms with van der Waals surface area (Å²) in [7, 11) is 0. The molecule has 0 bridgehead atoms. The average Bonchev–Trinajstić information content (AvgIpc) is 2.66. The second kappa shape index (κ2) is 7.95. The summed E-state index contributed by atoms with van der Waals surface area (Å²) in [6.45, 7) is 2.36. The number of carboxylic acid groups (broad SMARTS) is 1. The van der Waals surface area contributed by atoms with Crippen LogP contribution in [0, 0.1) is 5.82 Å². The molecule has 5 nitrogen and oxygen atoms in total. The van der Waals surface area contributed by atoms with Crippen LogP contribution in [0.1, 0.15) is 23.9 Å². The molecule has 0 aliphatic rings. The van der Waals surface area contributed by atoms with Gasteiger partial charge in [0.05, 0.1) is 10.9 Å². The van der Waals surface area contributed by atoms with Crippen LogP contribution in [-0.4, -0.2) is 20.6 Å². The fourth-order valence-electron chi connectivity index (χ4n) is 2.98. The van der Waals surface area contributed by atoms with Gasteiger partial charge in [0.1, 0.15) is 11.6 Å². The van der Waals surface area contributed by atoms with E-state index in [2.05, 4.69) is 4.98 Å². The Kier molecular flexibility index (Phi) is 5.45. The van der Waals surface area contributed by atoms with E-state index in [-0.39, 0.29) is 16.5 Å². The first kappa shape index (κ1) is 18.5. The van der Waals surface area contributed by atoms with Crippen molar-refractivity contribution in [3.63, 3.8) is 0 Å². The first-order chi connectivity index (χ1) is 13.0. The van der Waals surface area contributed by atoms with Gasteiger partial charge in [-0.1, -0.05) is 37.3 Å². The van der Waals surface area contributed by atoms with Crippen LogP contribution in [0.5, 0.6) is 0 Å². The van der Waals surface area contributed by atoms with Crippen LogP contribution < -0.4 is 5.56 Å². The van der Waals surface area contributed by atoms with Crippen molar-refractivity contribution in [2.24, 2.45) is 0 Å². The largest absolute Gasteiger partial charge is 0.478 e. The van der Waals surface area contributed by atoms with E-state index in [1.54, 1.807) is 4.57 Å². The summed E-state index contributed by atoms with van der Waals surface area (Å²) in [5.41, 5.74) is 1.26. The molecule has 0 aliphatic heterocycles. The van der Waals surface area contributed by atoms with Crippen molar-refractivity contribution in [1.82, 2.24) is 9.55 Å². The van der Waals surface area contributed by atoms with Gasteiger partial charge in [-0.05, 0) is 30.2 Å². The summed E-state index contributed by atoms with van der Waals surface area (Å²) in [6.07, 6.45) is 3.23. The van der Waals surface area contributed by atoms with Gasteiger partial charge in [-0.15, -0.1) is 0 Å². The zero-order valence-electron chi connectivity index (χ0n) is 14.9. The SMILES string of the molecule is CCc1nc2cc(C=CC(=O)O)c(F)cc2c(=O)n1CCc1ccccc1. The Labute approximate surface area is 155 Å². The van der Waals surface area contributed by atoms with Crippen molar-refractivity contribution in [1.29, 1.82) is 0 Å². The number of carboxylic acids is 1. The highest BCUT2D eigenvalue weighted by Crippen LogP contribution is 2.18. The van der Waals surface area contributed by atoms with Gasteiger partial charge in [-0.25, -0.2) is 14.2 Å². The number of nitrogens with zero attached hydrogens (tertiary/aromatic N) is 2. The maximum atomic E-state index is 14.3. The highest BCUT2D eigenvalue weighted by molar-refractivity contribution is 5.87. The van der Waals surface area contributed by atoms with Gasteiger partial charge >= 0.3 is 5.97 Å². The number of hydrogen-bond donors (Lipinski definition) is 1.